The van der Waals surface area contributed by atoms with Crippen molar-refractivity contribution >= 4 is 0 Å². The minimum atomic E-state index is 0.666. The van der Waals surface area contributed by atoms with Crippen molar-refractivity contribution in [2.45, 2.75) is 19.3 Å². The van der Waals surface area contributed by atoms with E-state index in [-0.39, 0.29) is 0 Å². The highest BCUT2D eigenvalue weighted by molar-refractivity contribution is 5.53. The smallest absolute Gasteiger partial charge is 0.203 e. The number of ether oxygens (including phenoxy) is 3. The first-order valence-electron chi connectivity index (χ1n) is 6.78. The number of nitrogens with one attached hydrogen (secondary N) is 1. The third kappa shape index (κ3) is 3.32. The van der Waals surface area contributed by atoms with Gasteiger partial charge in [0, 0.05) is 0 Å². The summed E-state index contributed by atoms with van der Waals surface area (Å²) in [6.45, 7) is 2.24. The van der Waals surface area contributed by atoms with Gasteiger partial charge in [0.15, 0.2) is 11.5 Å². The lowest BCUT2D eigenvalue weighted by Crippen LogP contribution is -2.28. The number of rotatable bonds is 5. The third-order valence-corrected chi connectivity index (χ3v) is 3.71. The highest BCUT2D eigenvalue weighted by Gasteiger charge is 2.17. The largest absolute Gasteiger partial charge is 0.493 e. The first-order valence-corrected chi connectivity index (χ1v) is 6.78. The molecule has 1 N–H and O–H groups in total. The number of hydrogen-bond donors (Lipinski definition) is 1. The highest BCUT2D eigenvalue weighted by Crippen LogP contribution is 2.39. The lowest BCUT2D eigenvalue weighted by Gasteiger charge is -2.23. The molecule has 0 unspecified atom stereocenters. The molecule has 0 spiro atoms. The minimum absolute atomic E-state index is 0.666. The van der Waals surface area contributed by atoms with Crippen LogP contribution in [0.15, 0.2) is 12.1 Å². The van der Waals surface area contributed by atoms with Gasteiger partial charge in [-0.2, -0.15) is 0 Å². The molecule has 1 saturated heterocycles. The van der Waals surface area contributed by atoms with Gasteiger partial charge in [0.1, 0.15) is 0 Å². The molecule has 1 aromatic rings. The predicted octanol–water partition coefficient (Wildman–Crippen LogP) is 2.25. The first kappa shape index (κ1) is 14.0. The maximum absolute atomic E-state index is 5.39. The fraction of sp³-hybridized carbons (Fsp3) is 0.600. The number of hydrogen-bond acceptors (Lipinski definition) is 4. The summed E-state index contributed by atoms with van der Waals surface area (Å²) in [6, 6.07) is 4.12. The Morgan fingerprint density at radius 1 is 1.00 bits per heavy atom. The molecule has 0 radical (unpaired) electrons. The molecule has 4 nitrogen and oxygen atoms in total. The van der Waals surface area contributed by atoms with Gasteiger partial charge in [-0.3, -0.25) is 0 Å². The van der Waals surface area contributed by atoms with Crippen LogP contribution in [0, 0.1) is 5.92 Å². The van der Waals surface area contributed by atoms with Crippen LogP contribution in [-0.4, -0.2) is 34.4 Å². The van der Waals surface area contributed by atoms with E-state index in [9.17, 15) is 0 Å². The molecule has 1 aliphatic rings. The van der Waals surface area contributed by atoms with Crippen molar-refractivity contribution in [2.75, 3.05) is 34.4 Å². The molecular formula is C15H23NO3. The second-order valence-corrected chi connectivity index (χ2v) is 4.93. The monoisotopic (exact) mass is 265 g/mol. The lowest BCUT2D eigenvalue weighted by molar-refractivity contribution is 0.322. The maximum Gasteiger partial charge on any atom is 0.203 e. The average molecular weight is 265 g/mol. The van der Waals surface area contributed by atoms with E-state index in [1.54, 1.807) is 21.3 Å². The van der Waals surface area contributed by atoms with E-state index < -0.39 is 0 Å². The molecule has 1 fully saturated rings. The summed E-state index contributed by atoms with van der Waals surface area (Å²) >= 11 is 0. The zero-order valence-electron chi connectivity index (χ0n) is 12.0. The molecule has 1 heterocycles. The topological polar surface area (TPSA) is 39.7 Å². The summed E-state index contributed by atoms with van der Waals surface area (Å²) < 4.78 is 16.1. The van der Waals surface area contributed by atoms with Gasteiger partial charge in [0.25, 0.3) is 0 Å². The Balaban J connectivity index is 2.20. The molecule has 1 aliphatic heterocycles. The van der Waals surface area contributed by atoms with Gasteiger partial charge in [-0.15, -0.1) is 0 Å². The van der Waals surface area contributed by atoms with Gasteiger partial charge in [-0.25, -0.2) is 0 Å². The molecule has 4 heteroatoms. The van der Waals surface area contributed by atoms with Crippen molar-refractivity contribution in [2.24, 2.45) is 5.92 Å². The normalized spacial score (nSPS) is 16.2. The van der Waals surface area contributed by atoms with Gasteiger partial charge in [0.2, 0.25) is 5.75 Å². The van der Waals surface area contributed by atoms with E-state index >= 15 is 0 Å². The van der Waals surface area contributed by atoms with Crippen LogP contribution >= 0.6 is 0 Å². The summed E-state index contributed by atoms with van der Waals surface area (Å²) in [4.78, 5) is 0. The van der Waals surface area contributed by atoms with Gasteiger partial charge < -0.3 is 19.5 Å². The summed E-state index contributed by atoms with van der Waals surface area (Å²) in [6.07, 6.45) is 3.53. The zero-order valence-corrected chi connectivity index (χ0v) is 12.0. The van der Waals surface area contributed by atoms with Crippen LogP contribution in [0.25, 0.3) is 0 Å². The Bertz CT molecular complexity index is 389. The van der Waals surface area contributed by atoms with Crippen molar-refractivity contribution in [1.82, 2.24) is 5.32 Å². The molecule has 106 valence electrons. The number of benzene rings is 1. The third-order valence-electron chi connectivity index (χ3n) is 3.71. The van der Waals surface area contributed by atoms with Gasteiger partial charge in [-0.1, -0.05) is 0 Å². The Hall–Kier alpha value is -1.42. The number of piperidine rings is 1. The van der Waals surface area contributed by atoms with E-state index in [1.165, 1.54) is 18.4 Å². The SMILES string of the molecule is COc1cc(CC2CCNCC2)cc(OC)c1OC. The molecule has 0 saturated carbocycles. The molecule has 0 atom stereocenters. The minimum Gasteiger partial charge on any atom is -0.493 e. The Morgan fingerprint density at radius 3 is 2.05 bits per heavy atom. The van der Waals surface area contributed by atoms with Crippen LogP contribution < -0.4 is 19.5 Å². The van der Waals surface area contributed by atoms with Crippen molar-refractivity contribution in [1.29, 1.82) is 0 Å². The fourth-order valence-corrected chi connectivity index (χ4v) is 2.67. The van der Waals surface area contributed by atoms with Crippen molar-refractivity contribution in [3.05, 3.63) is 17.7 Å². The van der Waals surface area contributed by atoms with Crippen molar-refractivity contribution in [3.8, 4) is 17.2 Å². The lowest BCUT2D eigenvalue weighted by atomic mass is 9.91. The molecule has 0 aliphatic carbocycles. The van der Waals surface area contributed by atoms with E-state index in [0.29, 0.717) is 5.75 Å². The summed E-state index contributed by atoms with van der Waals surface area (Å²) in [7, 11) is 4.95. The van der Waals surface area contributed by atoms with Crippen LogP contribution in [0.5, 0.6) is 17.2 Å². The quantitative estimate of drug-likeness (QED) is 0.886. The van der Waals surface area contributed by atoms with Gasteiger partial charge in [0.05, 0.1) is 21.3 Å². The molecule has 0 amide bonds. The molecule has 2 rings (SSSR count). The molecule has 0 aromatic heterocycles. The standard InChI is InChI=1S/C15H23NO3/c1-17-13-9-12(8-11-4-6-16-7-5-11)10-14(18-2)15(13)19-3/h9-11,16H,4-8H2,1-3H3. The number of methoxy groups -OCH3 is 3. The maximum atomic E-state index is 5.39. The van der Waals surface area contributed by atoms with Gasteiger partial charge >= 0.3 is 0 Å². The van der Waals surface area contributed by atoms with E-state index in [2.05, 4.69) is 17.4 Å². The Kier molecular flexibility index (Phi) is 4.91. The van der Waals surface area contributed by atoms with Crippen LogP contribution in [0.3, 0.4) is 0 Å². The van der Waals surface area contributed by atoms with E-state index in [0.717, 1.165) is 36.9 Å². The molecule has 19 heavy (non-hydrogen) atoms. The second-order valence-electron chi connectivity index (χ2n) is 4.93. The van der Waals surface area contributed by atoms with E-state index in [1.807, 2.05) is 0 Å². The molecule has 1 aromatic carbocycles. The zero-order chi connectivity index (χ0) is 13.7. The fourth-order valence-electron chi connectivity index (χ4n) is 2.67. The molecular weight excluding hydrogens is 242 g/mol. The second kappa shape index (κ2) is 6.66. The first-order chi connectivity index (χ1) is 9.28. The Labute approximate surface area is 115 Å². The van der Waals surface area contributed by atoms with E-state index in [4.69, 9.17) is 14.2 Å². The average Bonchev–Trinajstić information content (AvgIpc) is 2.47. The predicted molar refractivity (Wildman–Crippen MR) is 75.4 cm³/mol. The van der Waals surface area contributed by atoms with Crippen LogP contribution in [0.1, 0.15) is 18.4 Å². The van der Waals surface area contributed by atoms with Crippen LogP contribution in [0.2, 0.25) is 0 Å². The highest BCUT2D eigenvalue weighted by atomic mass is 16.5. The van der Waals surface area contributed by atoms with Crippen molar-refractivity contribution < 1.29 is 14.2 Å². The van der Waals surface area contributed by atoms with Crippen LogP contribution in [-0.2, 0) is 6.42 Å². The Morgan fingerprint density at radius 2 is 1.58 bits per heavy atom. The molecule has 0 bridgehead atoms. The summed E-state index contributed by atoms with van der Waals surface area (Å²) in [5.74, 6) is 2.89. The summed E-state index contributed by atoms with van der Waals surface area (Å²) in [5, 5.41) is 3.39. The van der Waals surface area contributed by atoms with Crippen LogP contribution in [0.4, 0.5) is 0 Å². The van der Waals surface area contributed by atoms with Gasteiger partial charge in [-0.05, 0) is 56.0 Å². The summed E-state index contributed by atoms with van der Waals surface area (Å²) in [5.41, 5.74) is 1.25. The van der Waals surface area contributed by atoms with Crippen molar-refractivity contribution in [3.63, 3.8) is 0 Å².